The van der Waals surface area contributed by atoms with Crippen LogP contribution in [0.1, 0.15) is 32.3 Å². The second-order valence-corrected chi connectivity index (χ2v) is 8.55. The Hall–Kier alpha value is -4.02. The third-order valence-corrected chi connectivity index (χ3v) is 6.34. The van der Waals surface area contributed by atoms with Gasteiger partial charge in [-0.15, -0.1) is 0 Å². The second-order valence-electron chi connectivity index (χ2n) is 8.55. The summed E-state index contributed by atoms with van der Waals surface area (Å²) >= 11 is 0. The van der Waals surface area contributed by atoms with Crippen LogP contribution in [0.4, 0.5) is 14.5 Å². The molecule has 1 fully saturated rings. The third kappa shape index (κ3) is 4.86. The summed E-state index contributed by atoms with van der Waals surface area (Å²) in [5.41, 5.74) is 10.1. The van der Waals surface area contributed by atoms with Gasteiger partial charge in [-0.05, 0) is 54.3 Å². The van der Waals surface area contributed by atoms with Crippen LogP contribution < -0.4 is 10.6 Å². The summed E-state index contributed by atoms with van der Waals surface area (Å²) < 4.78 is 28.2. The van der Waals surface area contributed by atoms with Gasteiger partial charge in [0.05, 0.1) is 16.8 Å². The van der Waals surface area contributed by atoms with Crippen molar-refractivity contribution in [2.45, 2.75) is 32.7 Å². The molecule has 3 aromatic carbocycles. The molecular formula is C29H28F2N4O. The molecule has 5 rings (SSSR count). The molecule has 1 aromatic heterocycles. The third-order valence-electron chi connectivity index (χ3n) is 6.34. The van der Waals surface area contributed by atoms with E-state index in [-0.39, 0.29) is 17.4 Å². The summed E-state index contributed by atoms with van der Waals surface area (Å²) in [4.78, 5) is 6.75. The molecule has 5 nitrogen and oxygen atoms in total. The summed E-state index contributed by atoms with van der Waals surface area (Å²) in [6.07, 6.45) is 3.24. The number of hydrogen-bond acceptors (Lipinski definition) is 5. The first kappa shape index (κ1) is 25.1. The van der Waals surface area contributed by atoms with E-state index < -0.39 is 11.6 Å². The smallest absolute Gasteiger partial charge is 0.141 e. The highest BCUT2D eigenvalue weighted by atomic mass is 19.1. The van der Waals surface area contributed by atoms with E-state index in [0.717, 1.165) is 30.0 Å². The fraction of sp³-hybridized carbons (Fsp3) is 0.241. The number of fused-ring (bicyclic) bond motifs is 1. The molecular weight excluding hydrogens is 458 g/mol. The summed E-state index contributed by atoms with van der Waals surface area (Å²) in [5.74, 6) is -1.41. The molecule has 0 radical (unpaired) electrons. The Kier molecular flexibility index (Phi) is 7.47. The Morgan fingerprint density at radius 3 is 2.33 bits per heavy atom. The zero-order valence-corrected chi connectivity index (χ0v) is 20.3. The second kappa shape index (κ2) is 10.7. The van der Waals surface area contributed by atoms with E-state index in [0.29, 0.717) is 40.9 Å². The lowest BCUT2D eigenvalue weighted by Crippen LogP contribution is -2.40. The van der Waals surface area contributed by atoms with Gasteiger partial charge in [-0.25, -0.2) is 8.78 Å². The SMILES string of the molecule is CC.N#Cc1cccc(-c2ccc3ncc(-c4cc(F)cc(F)c4)c(N4CCC(N)CC4)c3c2)c1O. The minimum absolute atomic E-state index is 0.0915. The predicted octanol–water partition coefficient (Wildman–Crippen LogP) is 6.38. The first-order chi connectivity index (χ1) is 17.4. The molecule has 0 atom stereocenters. The van der Waals surface area contributed by atoms with E-state index in [1.807, 2.05) is 38.1 Å². The topological polar surface area (TPSA) is 86.2 Å². The number of nitrogens with two attached hydrogens (primary N) is 1. The molecule has 7 heteroatoms. The van der Waals surface area contributed by atoms with Gasteiger partial charge >= 0.3 is 0 Å². The van der Waals surface area contributed by atoms with E-state index in [4.69, 9.17) is 5.73 Å². The van der Waals surface area contributed by atoms with Crippen molar-refractivity contribution in [2.24, 2.45) is 5.73 Å². The predicted molar refractivity (Wildman–Crippen MR) is 140 cm³/mol. The molecule has 0 spiro atoms. The van der Waals surface area contributed by atoms with Crippen molar-refractivity contribution < 1.29 is 13.9 Å². The van der Waals surface area contributed by atoms with E-state index in [9.17, 15) is 19.1 Å². The van der Waals surface area contributed by atoms with Crippen molar-refractivity contribution in [2.75, 3.05) is 18.0 Å². The van der Waals surface area contributed by atoms with E-state index >= 15 is 0 Å². The number of nitriles is 1. The van der Waals surface area contributed by atoms with Gasteiger partial charge < -0.3 is 15.7 Å². The largest absolute Gasteiger partial charge is 0.506 e. The summed E-state index contributed by atoms with van der Waals surface area (Å²) in [6.45, 7) is 5.40. The van der Waals surface area contributed by atoms with Crippen LogP contribution in [0.15, 0.2) is 60.8 Å². The van der Waals surface area contributed by atoms with Crippen LogP contribution in [0.25, 0.3) is 33.2 Å². The van der Waals surface area contributed by atoms with Gasteiger partial charge in [-0.3, -0.25) is 4.98 Å². The lowest BCUT2D eigenvalue weighted by Gasteiger charge is -2.34. The molecule has 3 N–H and O–H groups in total. The lowest BCUT2D eigenvalue weighted by molar-refractivity contribution is 0.475. The number of benzene rings is 3. The number of aromatic hydroxyl groups is 1. The zero-order valence-electron chi connectivity index (χ0n) is 20.3. The summed E-state index contributed by atoms with van der Waals surface area (Å²) in [5, 5.41) is 20.7. The number of hydrogen-bond donors (Lipinski definition) is 2. The highest BCUT2D eigenvalue weighted by Crippen LogP contribution is 2.41. The Morgan fingerprint density at radius 2 is 1.67 bits per heavy atom. The fourth-order valence-electron chi connectivity index (χ4n) is 4.60. The number of para-hydroxylation sites is 1. The van der Waals surface area contributed by atoms with Crippen molar-refractivity contribution >= 4 is 16.6 Å². The maximum atomic E-state index is 14.1. The molecule has 36 heavy (non-hydrogen) atoms. The van der Waals surface area contributed by atoms with E-state index in [2.05, 4.69) is 9.88 Å². The minimum Gasteiger partial charge on any atom is -0.506 e. The number of halogens is 2. The minimum atomic E-state index is -0.659. The van der Waals surface area contributed by atoms with Crippen LogP contribution in [0, 0.1) is 23.0 Å². The number of anilines is 1. The van der Waals surface area contributed by atoms with Gasteiger partial charge in [0.2, 0.25) is 0 Å². The maximum Gasteiger partial charge on any atom is 0.141 e. The van der Waals surface area contributed by atoms with Crippen molar-refractivity contribution in [3.63, 3.8) is 0 Å². The number of rotatable bonds is 3. The molecule has 4 aromatic rings. The van der Waals surface area contributed by atoms with Crippen LogP contribution in [0.2, 0.25) is 0 Å². The molecule has 0 bridgehead atoms. The van der Waals surface area contributed by atoms with Crippen molar-refractivity contribution in [1.29, 1.82) is 5.26 Å². The molecule has 184 valence electrons. The highest BCUT2D eigenvalue weighted by Gasteiger charge is 2.23. The Labute approximate surface area is 209 Å². The Bertz CT molecular complexity index is 1420. The molecule has 0 unspecified atom stereocenters. The van der Waals surface area contributed by atoms with Gasteiger partial charge in [0.15, 0.2) is 0 Å². The Balaban J connectivity index is 0.00000148. The normalized spacial score (nSPS) is 13.7. The van der Waals surface area contributed by atoms with Crippen LogP contribution in [-0.4, -0.2) is 29.2 Å². The Morgan fingerprint density at radius 1 is 0.972 bits per heavy atom. The molecule has 1 saturated heterocycles. The van der Waals surface area contributed by atoms with Crippen molar-refractivity contribution in [1.82, 2.24) is 4.98 Å². The van der Waals surface area contributed by atoms with Gasteiger partial charge in [-0.2, -0.15) is 5.26 Å². The van der Waals surface area contributed by atoms with Crippen molar-refractivity contribution in [3.05, 3.63) is 78.0 Å². The average molecular weight is 487 g/mol. The van der Waals surface area contributed by atoms with Crippen LogP contribution in [-0.2, 0) is 0 Å². The molecule has 2 heterocycles. The highest BCUT2D eigenvalue weighted by molar-refractivity contribution is 6.02. The number of phenolic OH excluding ortho intramolecular Hbond substituents is 1. The van der Waals surface area contributed by atoms with Crippen molar-refractivity contribution in [3.8, 4) is 34.1 Å². The number of phenols is 1. The lowest BCUT2D eigenvalue weighted by atomic mass is 9.95. The van der Waals surface area contributed by atoms with E-state index in [1.165, 1.54) is 12.1 Å². The molecule has 0 saturated carbocycles. The van der Waals surface area contributed by atoms with Crippen LogP contribution in [0.5, 0.6) is 5.75 Å². The van der Waals surface area contributed by atoms with Crippen LogP contribution >= 0.6 is 0 Å². The standard InChI is InChI=1S/C27H22F2N4O.C2H6/c28-19-10-18(11-20(29)13-19)24-15-32-25-5-4-16(22-3-1-2-17(14-30)27(22)34)12-23(25)26(24)33-8-6-21(31)7-9-33;1-2/h1-5,10-13,15,21,34H,6-9,31H2;1-2H3. The van der Waals surface area contributed by atoms with Gasteiger partial charge in [0.25, 0.3) is 0 Å². The van der Waals surface area contributed by atoms with Gasteiger partial charge in [-0.1, -0.05) is 32.0 Å². The molecule has 1 aliphatic rings. The van der Waals surface area contributed by atoms with Gasteiger partial charge in [0.1, 0.15) is 23.5 Å². The number of pyridine rings is 1. The fourth-order valence-corrected chi connectivity index (χ4v) is 4.60. The summed E-state index contributed by atoms with van der Waals surface area (Å²) in [6, 6.07) is 16.2. The summed E-state index contributed by atoms with van der Waals surface area (Å²) in [7, 11) is 0. The zero-order chi connectivity index (χ0) is 25.8. The quantitative estimate of drug-likeness (QED) is 0.351. The van der Waals surface area contributed by atoms with Crippen LogP contribution in [0.3, 0.4) is 0 Å². The monoisotopic (exact) mass is 486 g/mol. The maximum absolute atomic E-state index is 14.1. The number of aromatic nitrogens is 1. The molecule has 0 aliphatic carbocycles. The number of nitrogens with zero attached hydrogens (tertiary/aromatic N) is 3. The molecule has 0 amide bonds. The van der Waals surface area contributed by atoms with E-state index in [1.54, 1.807) is 24.4 Å². The average Bonchev–Trinajstić information content (AvgIpc) is 2.89. The number of piperidine rings is 1. The first-order valence-electron chi connectivity index (χ1n) is 12.1. The van der Waals surface area contributed by atoms with Gasteiger partial charge in [0, 0.05) is 47.9 Å². The first-order valence-corrected chi connectivity index (χ1v) is 12.1. The molecule has 1 aliphatic heterocycles.